The first-order valence-corrected chi connectivity index (χ1v) is 5.65. The Morgan fingerprint density at radius 3 is 2.88 bits per heavy atom. The maximum Gasteiger partial charge on any atom is 0.173 e. The quantitative estimate of drug-likeness (QED) is 0.821. The maximum absolute atomic E-state index is 4.39. The lowest BCUT2D eigenvalue weighted by molar-refractivity contribution is 0.587. The lowest BCUT2D eigenvalue weighted by atomic mass is 10.3. The molecule has 1 unspecified atom stereocenters. The normalized spacial score (nSPS) is 12.9. The molecule has 0 aliphatic carbocycles. The van der Waals surface area contributed by atoms with Crippen molar-refractivity contribution in [2.75, 3.05) is 7.05 Å². The molecule has 2 heterocycles. The van der Waals surface area contributed by atoms with E-state index in [1.54, 1.807) is 9.36 Å². The summed E-state index contributed by atoms with van der Waals surface area (Å²) >= 11 is 0. The first-order valence-electron chi connectivity index (χ1n) is 5.65. The zero-order valence-corrected chi connectivity index (χ0v) is 10.5. The van der Waals surface area contributed by atoms with Crippen molar-refractivity contribution in [1.29, 1.82) is 0 Å². The van der Waals surface area contributed by atoms with Gasteiger partial charge in [-0.05, 0) is 30.8 Å². The minimum absolute atomic E-state index is 0.0925. The Balaban J connectivity index is 2.49. The van der Waals surface area contributed by atoms with Crippen LogP contribution in [0.5, 0.6) is 0 Å². The second-order valence-electron chi connectivity index (χ2n) is 3.95. The molecule has 7 nitrogen and oxygen atoms in total. The van der Waals surface area contributed by atoms with E-state index in [-0.39, 0.29) is 6.04 Å². The molecule has 2 aromatic heterocycles. The van der Waals surface area contributed by atoms with Crippen LogP contribution in [0.4, 0.5) is 0 Å². The van der Waals surface area contributed by atoms with Crippen molar-refractivity contribution in [3.63, 3.8) is 0 Å². The lowest BCUT2D eigenvalue weighted by Crippen LogP contribution is -2.18. The summed E-state index contributed by atoms with van der Waals surface area (Å²) in [4.78, 5) is 0. The smallest absolute Gasteiger partial charge is 0.173 e. The molecule has 2 rings (SSSR count). The molecule has 1 N–H and O–H groups in total. The van der Waals surface area contributed by atoms with E-state index < -0.39 is 0 Å². The molecule has 0 amide bonds. The van der Waals surface area contributed by atoms with E-state index in [4.69, 9.17) is 0 Å². The summed E-state index contributed by atoms with van der Waals surface area (Å²) in [5.74, 6) is 0.787. The van der Waals surface area contributed by atoms with Gasteiger partial charge in [0.2, 0.25) is 0 Å². The molecule has 0 spiro atoms. The van der Waals surface area contributed by atoms with Crippen molar-refractivity contribution in [3.05, 3.63) is 17.7 Å². The van der Waals surface area contributed by atoms with Crippen LogP contribution >= 0.6 is 0 Å². The third-order valence-electron chi connectivity index (χ3n) is 2.76. The van der Waals surface area contributed by atoms with E-state index in [1.165, 1.54) is 0 Å². The van der Waals surface area contributed by atoms with Gasteiger partial charge in [0.15, 0.2) is 5.82 Å². The number of hydrogen-bond acceptors (Lipinski definition) is 5. The molecule has 1 atom stereocenters. The molecular formula is C10H17N7. The van der Waals surface area contributed by atoms with E-state index in [0.29, 0.717) is 0 Å². The number of hydrogen-bond donors (Lipinski definition) is 1. The molecular weight excluding hydrogens is 218 g/mol. The Morgan fingerprint density at radius 2 is 2.24 bits per heavy atom. The molecule has 0 aliphatic heterocycles. The maximum atomic E-state index is 4.39. The molecule has 17 heavy (non-hydrogen) atoms. The summed E-state index contributed by atoms with van der Waals surface area (Å²) in [5.41, 5.74) is 1.93. The van der Waals surface area contributed by atoms with Gasteiger partial charge >= 0.3 is 0 Å². The van der Waals surface area contributed by atoms with E-state index in [9.17, 15) is 0 Å². The van der Waals surface area contributed by atoms with E-state index >= 15 is 0 Å². The summed E-state index contributed by atoms with van der Waals surface area (Å²) in [6.45, 7) is 4.08. The molecule has 0 radical (unpaired) electrons. The van der Waals surface area contributed by atoms with Crippen LogP contribution < -0.4 is 5.32 Å². The van der Waals surface area contributed by atoms with E-state index in [2.05, 4.69) is 32.9 Å². The SMILES string of the molecule is CCc1nn(C)cc1-n1nnnc1C(C)NC. The molecule has 7 heteroatoms. The number of tetrazole rings is 1. The Labute approximate surface area is 99.8 Å². The van der Waals surface area contributed by atoms with Gasteiger partial charge in [-0.3, -0.25) is 4.68 Å². The standard InChI is InChI=1S/C10H17N7/c1-5-8-9(6-16(4)13-8)17-10(7(2)11-3)12-14-15-17/h6-7,11H,5H2,1-4H3. The van der Waals surface area contributed by atoms with Gasteiger partial charge in [-0.25, -0.2) is 0 Å². The average Bonchev–Trinajstić information content (AvgIpc) is 2.93. The molecule has 0 saturated heterocycles. The predicted octanol–water partition coefficient (Wildman–Crippen LogP) is 0.239. The fourth-order valence-electron chi connectivity index (χ4n) is 1.72. The highest BCUT2D eigenvalue weighted by molar-refractivity contribution is 5.34. The summed E-state index contributed by atoms with van der Waals surface area (Å²) in [6, 6.07) is 0.0925. The fourth-order valence-corrected chi connectivity index (χ4v) is 1.72. The van der Waals surface area contributed by atoms with Crippen LogP contribution in [0.25, 0.3) is 5.69 Å². The first-order chi connectivity index (χ1) is 8.17. The van der Waals surface area contributed by atoms with Crippen LogP contribution in [0.2, 0.25) is 0 Å². The van der Waals surface area contributed by atoms with Crippen LogP contribution in [0, 0.1) is 0 Å². The summed E-state index contributed by atoms with van der Waals surface area (Å²) in [7, 11) is 3.78. The van der Waals surface area contributed by atoms with Gasteiger partial charge in [-0.1, -0.05) is 6.92 Å². The summed E-state index contributed by atoms with van der Waals surface area (Å²) < 4.78 is 3.52. The molecule has 0 bridgehead atoms. The second kappa shape index (κ2) is 4.62. The molecule has 92 valence electrons. The zero-order chi connectivity index (χ0) is 12.4. The number of nitrogens with one attached hydrogen (secondary N) is 1. The van der Waals surface area contributed by atoms with Crippen LogP contribution in [0.1, 0.15) is 31.4 Å². The Morgan fingerprint density at radius 1 is 1.47 bits per heavy atom. The molecule has 0 aromatic carbocycles. The largest absolute Gasteiger partial charge is 0.311 e. The average molecular weight is 235 g/mol. The number of nitrogens with zero attached hydrogens (tertiary/aromatic N) is 6. The highest BCUT2D eigenvalue weighted by atomic mass is 15.6. The lowest BCUT2D eigenvalue weighted by Gasteiger charge is -2.09. The molecule has 0 saturated carbocycles. The van der Waals surface area contributed by atoms with Gasteiger partial charge in [0, 0.05) is 7.05 Å². The van der Waals surface area contributed by atoms with Gasteiger partial charge in [-0.2, -0.15) is 9.78 Å². The second-order valence-corrected chi connectivity index (χ2v) is 3.95. The van der Waals surface area contributed by atoms with Gasteiger partial charge in [-0.15, -0.1) is 5.10 Å². The van der Waals surface area contributed by atoms with Crippen molar-refractivity contribution >= 4 is 0 Å². The van der Waals surface area contributed by atoms with Crippen molar-refractivity contribution in [3.8, 4) is 5.69 Å². The van der Waals surface area contributed by atoms with Gasteiger partial charge in [0.05, 0.1) is 17.9 Å². The monoisotopic (exact) mass is 235 g/mol. The van der Waals surface area contributed by atoms with Crippen molar-refractivity contribution in [2.24, 2.45) is 7.05 Å². The predicted molar refractivity (Wildman–Crippen MR) is 62.8 cm³/mol. The summed E-state index contributed by atoms with van der Waals surface area (Å²) in [6.07, 6.45) is 2.78. The van der Waals surface area contributed by atoms with Crippen molar-refractivity contribution < 1.29 is 0 Å². The van der Waals surface area contributed by atoms with Crippen LogP contribution in [-0.2, 0) is 13.5 Å². The number of aromatic nitrogens is 6. The van der Waals surface area contributed by atoms with Crippen LogP contribution in [0.3, 0.4) is 0 Å². The Hall–Kier alpha value is -1.76. The molecule has 0 fully saturated rings. The highest BCUT2D eigenvalue weighted by Gasteiger charge is 2.17. The van der Waals surface area contributed by atoms with Crippen LogP contribution in [-0.4, -0.2) is 37.0 Å². The van der Waals surface area contributed by atoms with E-state index in [1.807, 2.05) is 27.2 Å². The third kappa shape index (κ3) is 2.05. The molecule has 2 aromatic rings. The van der Waals surface area contributed by atoms with Gasteiger partial charge in [0.25, 0.3) is 0 Å². The van der Waals surface area contributed by atoms with Crippen LogP contribution in [0.15, 0.2) is 6.20 Å². The van der Waals surface area contributed by atoms with Crippen molar-refractivity contribution in [2.45, 2.75) is 26.3 Å². The van der Waals surface area contributed by atoms with Gasteiger partial charge < -0.3 is 5.32 Å². The number of aryl methyl sites for hydroxylation is 2. The van der Waals surface area contributed by atoms with E-state index in [0.717, 1.165) is 23.6 Å². The highest BCUT2D eigenvalue weighted by Crippen LogP contribution is 2.16. The minimum Gasteiger partial charge on any atom is -0.311 e. The van der Waals surface area contributed by atoms with Gasteiger partial charge in [0.1, 0.15) is 5.69 Å². The summed E-state index contributed by atoms with van der Waals surface area (Å²) in [5, 5.41) is 19.4. The minimum atomic E-state index is 0.0925. The van der Waals surface area contributed by atoms with Crippen molar-refractivity contribution in [1.82, 2.24) is 35.3 Å². The number of rotatable bonds is 4. The topological polar surface area (TPSA) is 73.5 Å². The first kappa shape index (κ1) is 11.7. The fraction of sp³-hybridized carbons (Fsp3) is 0.600. The third-order valence-corrected chi connectivity index (χ3v) is 2.76. The molecule has 0 aliphatic rings. The zero-order valence-electron chi connectivity index (χ0n) is 10.5. The Kier molecular flexibility index (Phi) is 3.19. The Bertz CT molecular complexity index is 498.